The zero-order valence-electron chi connectivity index (χ0n) is 8.86. The van der Waals surface area contributed by atoms with E-state index in [1.165, 1.54) is 0 Å². The number of hydrogen-bond donors (Lipinski definition) is 5. The fourth-order valence-electron chi connectivity index (χ4n) is 0.802. The van der Waals surface area contributed by atoms with Crippen molar-refractivity contribution in [1.29, 1.82) is 0 Å². The van der Waals surface area contributed by atoms with E-state index in [4.69, 9.17) is 20.0 Å². The molecule has 0 saturated heterocycles. The minimum Gasteiger partial charge on any atom is -0.481 e. The summed E-state index contributed by atoms with van der Waals surface area (Å²) in [6, 6.07) is -1.71. The van der Waals surface area contributed by atoms with Gasteiger partial charge < -0.3 is 25.3 Å². The number of carbonyl (C=O) groups is 3. The molecule has 0 spiro atoms. The van der Waals surface area contributed by atoms with Crippen LogP contribution in [0.25, 0.3) is 0 Å². The smallest absolute Gasteiger partial charge is 0.334 e. The fraction of sp³-hybridized carbons (Fsp3) is 0.500. The van der Waals surface area contributed by atoms with Crippen molar-refractivity contribution in [2.45, 2.75) is 12.5 Å². The second-order valence-corrected chi connectivity index (χ2v) is 4.52. The first kappa shape index (κ1) is 18.9. The quantitative estimate of drug-likeness (QED) is 0.271. The minimum absolute atomic E-state index is 0. The van der Waals surface area contributed by atoms with Gasteiger partial charge in [-0.3, -0.25) is 14.2 Å². The van der Waals surface area contributed by atoms with E-state index in [9.17, 15) is 18.9 Å². The number of amides is 1. The van der Waals surface area contributed by atoms with Crippen molar-refractivity contribution >= 4 is 55.0 Å². The van der Waals surface area contributed by atoms with Gasteiger partial charge in [-0.05, 0) is 0 Å². The zero-order valence-corrected chi connectivity index (χ0v) is 11.8. The molecule has 0 saturated carbocycles. The Bertz CT molecular complexity index is 352. The predicted molar refractivity (Wildman–Crippen MR) is 54.5 cm³/mol. The molecule has 0 rings (SSSR count). The Balaban J connectivity index is 0. The first-order valence-electron chi connectivity index (χ1n) is 3.90. The third-order valence-corrected chi connectivity index (χ3v) is 2.06. The molecule has 1 unspecified atom stereocenters. The summed E-state index contributed by atoms with van der Waals surface area (Å²) < 4.78 is 10.4. The van der Waals surface area contributed by atoms with Gasteiger partial charge in [0, 0.05) is 29.6 Å². The molecule has 9 nitrogen and oxygen atoms in total. The molecule has 0 aromatic heterocycles. The molecular formula is C6H10NNaO8P. The van der Waals surface area contributed by atoms with Crippen molar-refractivity contribution in [2.24, 2.45) is 0 Å². The number of nitrogens with one attached hydrogen (secondary N) is 1. The Morgan fingerprint density at radius 3 is 1.94 bits per heavy atom. The number of carboxylic acids is 2. The van der Waals surface area contributed by atoms with Gasteiger partial charge in [0.1, 0.15) is 12.2 Å². The van der Waals surface area contributed by atoms with Crippen LogP contribution in [0.5, 0.6) is 0 Å². The summed E-state index contributed by atoms with van der Waals surface area (Å²) in [7, 11) is -4.59. The molecule has 93 valence electrons. The molecule has 0 aliphatic carbocycles. The molecule has 1 amide bonds. The van der Waals surface area contributed by atoms with Crippen molar-refractivity contribution in [3.63, 3.8) is 0 Å². The first-order chi connectivity index (χ1) is 7.11. The summed E-state index contributed by atoms with van der Waals surface area (Å²) in [5.41, 5.74) is 0. The average Bonchev–Trinajstić information content (AvgIpc) is 1.97. The molecule has 1 radical (unpaired) electrons. The molecule has 0 aromatic carbocycles. The molecule has 0 fully saturated rings. The summed E-state index contributed by atoms with van der Waals surface area (Å²) in [5.74, 6) is -4.27. The predicted octanol–water partition coefficient (Wildman–Crippen LogP) is -2.17. The van der Waals surface area contributed by atoms with Gasteiger partial charge >= 0.3 is 19.5 Å². The number of hydrogen-bond acceptors (Lipinski definition) is 4. The van der Waals surface area contributed by atoms with Gasteiger partial charge in [-0.15, -0.1) is 0 Å². The Kier molecular flexibility index (Phi) is 8.68. The monoisotopic (exact) mass is 278 g/mol. The molecule has 0 bridgehead atoms. The van der Waals surface area contributed by atoms with Crippen LogP contribution < -0.4 is 5.32 Å². The van der Waals surface area contributed by atoms with Gasteiger partial charge in [0.05, 0.1) is 6.42 Å². The van der Waals surface area contributed by atoms with Crippen LogP contribution in [0, 0.1) is 0 Å². The second-order valence-electron chi connectivity index (χ2n) is 2.88. The maximum absolute atomic E-state index is 10.9. The Morgan fingerprint density at radius 1 is 1.18 bits per heavy atom. The van der Waals surface area contributed by atoms with E-state index in [-0.39, 0.29) is 29.6 Å². The standard InChI is InChI=1S/C6H10NO8P.Na/c8-4(2-16(13,14)15)7-3(6(11)12)1-5(9)10;/h3H,1-2H2,(H,7,8)(H,9,10)(H,11,12)(H2,13,14,15);. The van der Waals surface area contributed by atoms with Crippen LogP contribution >= 0.6 is 7.60 Å². The SMILES string of the molecule is O=C(O)CC(NC(=O)CP(=O)(O)O)C(=O)O.[Na]. The summed E-state index contributed by atoms with van der Waals surface area (Å²) in [6.07, 6.45) is -2.06. The summed E-state index contributed by atoms with van der Waals surface area (Å²) >= 11 is 0. The Labute approximate surface area is 118 Å². The minimum atomic E-state index is -4.59. The van der Waals surface area contributed by atoms with Crippen molar-refractivity contribution < 1.29 is 38.9 Å². The molecule has 17 heavy (non-hydrogen) atoms. The number of aliphatic carboxylic acids is 2. The van der Waals surface area contributed by atoms with Gasteiger partial charge in [0.25, 0.3) is 0 Å². The van der Waals surface area contributed by atoms with E-state index in [2.05, 4.69) is 0 Å². The maximum atomic E-state index is 10.9. The van der Waals surface area contributed by atoms with Crippen LogP contribution in [0.3, 0.4) is 0 Å². The molecule has 0 heterocycles. The average molecular weight is 278 g/mol. The molecule has 11 heteroatoms. The maximum Gasteiger partial charge on any atom is 0.334 e. The summed E-state index contributed by atoms with van der Waals surface area (Å²) in [5, 5.41) is 18.5. The Morgan fingerprint density at radius 2 is 1.65 bits per heavy atom. The van der Waals surface area contributed by atoms with Crippen molar-refractivity contribution in [3.05, 3.63) is 0 Å². The van der Waals surface area contributed by atoms with Gasteiger partial charge in [-0.2, -0.15) is 0 Å². The van der Waals surface area contributed by atoms with Crippen LogP contribution in [0.1, 0.15) is 6.42 Å². The first-order valence-corrected chi connectivity index (χ1v) is 5.70. The van der Waals surface area contributed by atoms with Crippen molar-refractivity contribution in [1.82, 2.24) is 5.32 Å². The molecule has 1 atom stereocenters. The Hall–Kier alpha value is -0.440. The van der Waals surface area contributed by atoms with Crippen LogP contribution in [-0.2, 0) is 18.9 Å². The van der Waals surface area contributed by atoms with Gasteiger partial charge in [-0.1, -0.05) is 0 Å². The van der Waals surface area contributed by atoms with Crippen molar-refractivity contribution in [3.8, 4) is 0 Å². The zero-order chi connectivity index (χ0) is 12.9. The van der Waals surface area contributed by atoms with Crippen molar-refractivity contribution in [2.75, 3.05) is 6.16 Å². The fourth-order valence-corrected chi connectivity index (χ4v) is 1.27. The van der Waals surface area contributed by atoms with Crippen LogP contribution in [0.2, 0.25) is 0 Å². The third kappa shape index (κ3) is 10.4. The van der Waals surface area contributed by atoms with Gasteiger partial charge in [0.15, 0.2) is 0 Å². The van der Waals surface area contributed by atoms with Gasteiger partial charge in [-0.25, -0.2) is 4.79 Å². The normalized spacial score (nSPS) is 12.1. The molecule has 0 aliphatic rings. The molecular weight excluding hydrogens is 268 g/mol. The van der Waals surface area contributed by atoms with E-state index in [0.29, 0.717) is 0 Å². The van der Waals surface area contributed by atoms with Crippen LogP contribution in [-0.4, -0.2) is 79.6 Å². The largest absolute Gasteiger partial charge is 0.481 e. The molecule has 5 N–H and O–H groups in total. The van der Waals surface area contributed by atoms with Gasteiger partial charge in [0.2, 0.25) is 5.91 Å². The number of carboxylic acid groups (broad SMARTS) is 2. The van der Waals surface area contributed by atoms with Crippen LogP contribution in [0.4, 0.5) is 0 Å². The summed E-state index contributed by atoms with van der Waals surface area (Å²) in [6.45, 7) is 0. The number of carbonyl (C=O) groups excluding carboxylic acids is 1. The molecule has 0 aromatic rings. The van der Waals surface area contributed by atoms with E-state index < -0.39 is 44.1 Å². The van der Waals surface area contributed by atoms with E-state index in [1.54, 1.807) is 5.32 Å². The number of rotatable bonds is 6. The van der Waals surface area contributed by atoms with E-state index >= 15 is 0 Å². The van der Waals surface area contributed by atoms with E-state index in [1.807, 2.05) is 0 Å². The van der Waals surface area contributed by atoms with Crippen LogP contribution in [0.15, 0.2) is 0 Å². The van der Waals surface area contributed by atoms with E-state index in [0.717, 1.165) is 0 Å². The third-order valence-electron chi connectivity index (χ3n) is 1.36. The summed E-state index contributed by atoms with van der Waals surface area (Å²) in [4.78, 5) is 48.4. The second kappa shape index (κ2) is 7.80. The topological polar surface area (TPSA) is 161 Å². The molecule has 0 aliphatic heterocycles.